The molecule has 1 aliphatic heterocycles. The lowest BCUT2D eigenvalue weighted by Gasteiger charge is -2.18. The Morgan fingerprint density at radius 1 is 1.03 bits per heavy atom. The van der Waals surface area contributed by atoms with Crippen molar-refractivity contribution < 1.29 is 18.5 Å². The molecule has 0 aliphatic carbocycles. The van der Waals surface area contributed by atoms with Gasteiger partial charge in [0.25, 0.3) is 11.8 Å². The molecule has 1 unspecified atom stereocenters. The van der Waals surface area contributed by atoms with Gasteiger partial charge in [0.1, 0.15) is 5.75 Å². The van der Waals surface area contributed by atoms with Gasteiger partial charge < -0.3 is 15.0 Å². The number of hydrogen-bond acceptors (Lipinski definition) is 4. The van der Waals surface area contributed by atoms with E-state index in [4.69, 9.17) is 4.74 Å². The maximum Gasteiger partial charge on any atom is 0.259 e. The summed E-state index contributed by atoms with van der Waals surface area (Å²) in [5.74, 6) is 0.216. The normalized spacial score (nSPS) is 15.1. The molecule has 0 saturated carbocycles. The minimum Gasteiger partial charge on any atom is -0.497 e. The lowest BCUT2D eigenvalue weighted by Crippen LogP contribution is -2.27. The Bertz CT molecular complexity index is 1160. The Hall–Kier alpha value is -3.45. The molecule has 0 saturated heterocycles. The summed E-state index contributed by atoms with van der Waals surface area (Å²) in [4.78, 5) is 28.0. The van der Waals surface area contributed by atoms with E-state index in [1.165, 1.54) is 4.90 Å². The molecular weight excluding hydrogens is 400 g/mol. The Labute approximate surface area is 176 Å². The van der Waals surface area contributed by atoms with Gasteiger partial charge in [-0.05, 0) is 48.0 Å². The van der Waals surface area contributed by atoms with Crippen LogP contribution >= 0.6 is 0 Å². The summed E-state index contributed by atoms with van der Waals surface area (Å²) in [6.07, 6.45) is 0. The van der Waals surface area contributed by atoms with Gasteiger partial charge in [0.15, 0.2) is 0 Å². The first-order valence-electron chi connectivity index (χ1n) is 9.33. The van der Waals surface area contributed by atoms with Gasteiger partial charge >= 0.3 is 0 Å². The van der Waals surface area contributed by atoms with Gasteiger partial charge in [-0.25, -0.2) is 4.21 Å². The molecule has 3 aromatic rings. The van der Waals surface area contributed by atoms with Crippen molar-refractivity contribution in [2.75, 3.05) is 19.1 Å². The predicted molar refractivity (Wildman–Crippen MR) is 114 cm³/mol. The van der Waals surface area contributed by atoms with Crippen molar-refractivity contribution in [2.24, 2.45) is 0 Å². The van der Waals surface area contributed by atoms with E-state index in [0.29, 0.717) is 33.2 Å². The lowest BCUT2D eigenvalue weighted by atomic mass is 10.1. The van der Waals surface area contributed by atoms with Crippen LogP contribution in [0.1, 0.15) is 26.3 Å². The number of nitrogens with zero attached hydrogens (tertiary/aromatic N) is 1. The molecular formula is C23H20N2O4S. The molecule has 0 fully saturated rings. The highest BCUT2D eigenvalue weighted by Crippen LogP contribution is 2.34. The standard InChI is InChI=1S/C23H20N2O4S/c1-25-19-13-16(22(26)24-14-15-7-10-17(29-2)11-8-15)9-12-21(19)30(28)20-6-4-3-5-18(20)23(25)27/h3-13H,14H2,1-2H3,(H,24,26). The monoisotopic (exact) mass is 420 g/mol. The summed E-state index contributed by atoms with van der Waals surface area (Å²) in [7, 11) is 1.71. The van der Waals surface area contributed by atoms with Crippen LogP contribution in [0.4, 0.5) is 5.69 Å². The van der Waals surface area contributed by atoms with E-state index in [1.807, 2.05) is 24.3 Å². The first-order chi connectivity index (χ1) is 14.5. The summed E-state index contributed by atoms with van der Waals surface area (Å²) in [5.41, 5.74) is 2.19. The van der Waals surface area contributed by atoms with E-state index < -0.39 is 10.8 Å². The van der Waals surface area contributed by atoms with E-state index in [9.17, 15) is 13.8 Å². The number of ether oxygens (including phenoxy) is 1. The molecule has 0 aromatic heterocycles. The van der Waals surface area contributed by atoms with Gasteiger partial charge in [0.2, 0.25) is 0 Å². The first-order valence-corrected chi connectivity index (χ1v) is 10.5. The number of fused-ring (bicyclic) bond motifs is 2. The molecule has 7 heteroatoms. The Kier molecular flexibility index (Phi) is 5.37. The highest BCUT2D eigenvalue weighted by Gasteiger charge is 2.29. The van der Waals surface area contributed by atoms with Crippen LogP contribution in [0.25, 0.3) is 0 Å². The minimum atomic E-state index is -1.51. The van der Waals surface area contributed by atoms with Gasteiger partial charge in [-0.15, -0.1) is 0 Å². The summed E-state index contributed by atoms with van der Waals surface area (Å²) < 4.78 is 18.2. The number of hydrogen-bond donors (Lipinski definition) is 1. The predicted octanol–water partition coefficient (Wildman–Crippen LogP) is 3.38. The SMILES string of the molecule is COc1ccc(CNC(=O)c2ccc3c(c2)N(C)C(=O)c2ccccc2S3=O)cc1. The third-order valence-corrected chi connectivity index (χ3v) is 6.52. The zero-order chi connectivity index (χ0) is 21.3. The van der Waals surface area contributed by atoms with Crippen LogP contribution in [0.2, 0.25) is 0 Å². The van der Waals surface area contributed by atoms with Crippen LogP contribution in [0.15, 0.2) is 76.5 Å². The first kappa shape index (κ1) is 19.8. The van der Waals surface area contributed by atoms with Crippen LogP contribution in [-0.2, 0) is 17.3 Å². The molecule has 2 amide bonds. The molecule has 6 nitrogen and oxygen atoms in total. The number of carbonyl (C=O) groups excluding carboxylic acids is 2. The maximum absolute atomic E-state index is 13.1. The second-order valence-corrected chi connectivity index (χ2v) is 8.26. The van der Waals surface area contributed by atoms with E-state index in [2.05, 4.69) is 5.32 Å². The second kappa shape index (κ2) is 8.12. The lowest BCUT2D eigenvalue weighted by molar-refractivity contribution is 0.0948. The molecule has 1 atom stereocenters. The number of amides is 2. The van der Waals surface area contributed by atoms with Crippen LogP contribution in [0.3, 0.4) is 0 Å². The maximum atomic E-state index is 13.1. The van der Waals surface area contributed by atoms with Crippen LogP contribution in [-0.4, -0.2) is 30.2 Å². The summed E-state index contributed by atoms with van der Waals surface area (Å²) in [6, 6.07) is 19.2. The molecule has 1 N–H and O–H groups in total. The number of rotatable bonds is 4. The average Bonchev–Trinajstić information content (AvgIpc) is 2.87. The number of anilines is 1. The van der Waals surface area contributed by atoms with Crippen molar-refractivity contribution in [1.82, 2.24) is 5.32 Å². The highest BCUT2D eigenvalue weighted by atomic mass is 32.2. The molecule has 0 radical (unpaired) electrons. The van der Waals surface area contributed by atoms with E-state index in [0.717, 1.165) is 11.3 Å². The molecule has 0 bridgehead atoms. The number of nitrogens with one attached hydrogen (secondary N) is 1. The summed E-state index contributed by atoms with van der Waals surface area (Å²) in [5, 5.41) is 2.87. The van der Waals surface area contributed by atoms with E-state index in [-0.39, 0.29) is 11.8 Å². The zero-order valence-electron chi connectivity index (χ0n) is 16.5. The van der Waals surface area contributed by atoms with Crippen LogP contribution in [0, 0.1) is 0 Å². The smallest absolute Gasteiger partial charge is 0.259 e. The average molecular weight is 420 g/mol. The third-order valence-electron chi connectivity index (χ3n) is 5.02. The van der Waals surface area contributed by atoms with Crippen LogP contribution < -0.4 is 15.0 Å². The van der Waals surface area contributed by atoms with E-state index >= 15 is 0 Å². The third kappa shape index (κ3) is 3.59. The molecule has 4 rings (SSSR count). The molecule has 3 aromatic carbocycles. The van der Waals surface area contributed by atoms with Crippen molar-refractivity contribution in [3.05, 3.63) is 83.4 Å². The van der Waals surface area contributed by atoms with Crippen molar-refractivity contribution in [1.29, 1.82) is 0 Å². The largest absolute Gasteiger partial charge is 0.497 e. The quantitative estimate of drug-likeness (QED) is 0.702. The van der Waals surface area contributed by atoms with Crippen molar-refractivity contribution in [3.8, 4) is 5.75 Å². The van der Waals surface area contributed by atoms with Crippen molar-refractivity contribution >= 4 is 28.3 Å². The Morgan fingerprint density at radius 2 is 1.77 bits per heavy atom. The minimum absolute atomic E-state index is 0.256. The second-order valence-electron chi connectivity index (χ2n) is 6.84. The van der Waals surface area contributed by atoms with Gasteiger partial charge in [-0.2, -0.15) is 0 Å². The van der Waals surface area contributed by atoms with Crippen molar-refractivity contribution in [3.63, 3.8) is 0 Å². The van der Waals surface area contributed by atoms with Gasteiger partial charge in [0.05, 0.1) is 39.0 Å². The summed E-state index contributed by atoms with van der Waals surface area (Å²) in [6.45, 7) is 0.353. The fourth-order valence-electron chi connectivity index (χ4n) is 3.32. The topological polar surface area (TPSA) is 75.7 Å². The number of methoxy groups -OCH3 is 1. The molecule has 0 spiro atoms. The molecule has 1 aliphatic rings. The fourth-order valence-corrected chi connectivity index (χ4v) is 4.69. The molecule has 30 heavy (non-hydrogen) atoms. The Morgan fingerprint density at radius 3 is 2.50 bits per heavy atom. The fraction of sp³-hybridized carbons (Fsp3) is 0.130. The number of carbonyl (C=O) groups is 2. The van der Waals surface area contributed by atoms with Crippen molar-refractivity contribution in [2.45, 2.75) is 16.3 Å². The van der Waals surface area contributed by atoms with Crippen LogP contribution in [0.5, 0.6) is 5.75 Å². The Balaban J connectivity index is 1.59. The molecule has 1 heterocycles. The van der Waals surface area contributed by atoms with E-state index in [1.54, 1.807) is 56.6 Å². The molecule has 152 valence electrons. The van der Waals surface area contributed by atoms with Gasteiger partial charge in [-0.1, -0.05) is 24.3 Å². The highest BCUT2D eigenvalue weighted by molar-refractivity contribution is 7.85. The number of benzene rings is 3. The van der Waals surface area contributed by atoms with Gasteiger partial charge in [-0.3, -0.25) is 9.59 Å². The zero-order valence-corrected chi connectivity index (χ0v) is 17.4. The summed E-state index contributed by atoms with van der Waals surface area (Å²) >= 11 is 0. The van der Waals surface area contributed by atoms with Gasteiger partial charge in [0, 0.05) is 19.2 Å².